The Morgan fingerprint density at radius 1 is 0.611 bits per heavy atom. The lowest BCUT2D eigenvalue weighted by molar-refractivity contribution is 1.00. The van der Waals surface area contributed by atoms with E-state index < -0.39 is 22.4 Å². The number of hydrogen-bond donors (Lipinski definition) is 0. The molecule has 2 aromatic carbocycles. The summed E-state index contributed by atoms with van der Waals surface area (Å²) in [5, 5.41) is 6.33. The average molecular weight is 537 g/mol. The smallest absolute Gasteiger partial charge is 0.0736 e. The fraction of sp³-hybridized carbons (Fsp3) is 0.455. The highest BCUT2D eigenvalue weighted by Crippen LogP contribution is 2.66. The van der Waals surface area contributed by atoms with Crippen molar-refractivity contribution in [3.63, 3.8) is 0 Å². The van der Waals surface area contributed by atoms with Gasteiger partial charge in [0, 0.05) is 33.2 Å². The minimum atomic E-state index is -1.61. The molecule has 194 valence electrons. The van der Waals surface area contributed by atoms with Crippen LogP contribution in [0.3, 0.4) is 0 Å². The molecule has 36 heavy (non-hydrogen) atoms. The maximum atomic E-state index is 5.07. The van der Waals surface area contributed by atoms with Gasteiger partial charge in [-0.2, -0.15) is 13.3 Å². The van der Waals surface area contributed by atoms with E-state index in [1.165, 1.54) is 22.3 Å². The summed E-state index contributed by atoms with van der Waals surface area (Å²) in [7, 11) is -3.75. The van der Waals surface area contributed by atoms with Crippen LogP contribution in [-0.4, -0.2) is 29.3 Å². The van der Waals surface area contributed by atoms with Crippen molar-refractivity contribution in [2.24, 2.45) is 0 Å². The van der Waals surface area contributed by atoms with Crippen molar-refractivity contribution >= 4 is 55.8 Å². The molecule has 0 N–H and O–H groups in total. The van der Waals surface area contributed by atoms with E-state index in [-0.39, 0.29) is 0 Å². The first-order valence-electron chi connectivity index (χ1n) is 13.7. The molecular formula is C33H47P3. The van der Waals surface area contributed by atoms with Gasteiger partial charge in [0.15, 0.2) is 0 Å². The minimum Gasteiger partial charge on any atom is -0.174 e. The number of benzene rings is 2. The molecule has 0 spiro atoms. The van der Waals surface area contributed by atoms with Gasteiger partial charge in [0.25, 0.3) is 0 Å². The Morgan fingerprint density at radius 3 is 1.47 bits per heavy atom. The zero-order valence-electron chi connectivity index (χ0n) is 24.1. The third kappa shape index (κ3) is 4.53. The molecule has 4 rings (SSSR count). The first-order chi connectivity index (χ1) is 16.8. The normalized spacial score (nSPS) is 16.1. The van der Waals surface area contributed by atoms with Gasteiger partial charge in [0.2, 0.25) is 0 Å². The summed E-state index contributed by atoms with van der Waals surface area (Å²) in [5.41, 5.74) is 8.11. The zero-order valence-corrected chi connectivity index (χ0v) is 26.8. The Labute approximate surface area is 224 Å². The van der Waals surface area contributed by atoms with E-state index in [0.29, 0.717) is 22.6 Å². The van der Waals surface area contributed by atoms with Crippen LogP contribution in [0.5, 0.6) is 0 Å². The van der Waals surface area contributed by atoms with Crippen LogP contribution < -0.4 is 21.2 Å². The zero-order chi connectivity index (χ0) is 26.6. The SMILES string of the molecule is [CH2-][P+](c1cc2c(cc1P(C)c1cc3c(cc1[P+]([CH2-])(C(C)C)C(C)C)CC=C3)CC=C2)(C(C)C)C(C)C. The number of hydrogen-bond acceptors (Lipinski definition) is 0. The summed E-state index contributed by atoms with van der Waals surface area (Å²) < 4.78 is 0. The van der Waals surface area contributed by atoms with Gasteiger partial charge in [-0.1, -0.05) is 38.8 Å². The van der Waals surface area contributed by atoms with Gasteiger partial charge in [-0.3, -0.25) is 0 Å². The molecule has 0 aliphatic heterocycles. The van der Waals surface area contributed by atoms with Gasteiger partial charge in [0.05, 0.1) is 10.6 Å². The molecule has 0 heterocycles. The Bertz CT molecular complexity index is 1180. The van der Waals surface area contributed by atoms with Crippen LogP contribution in [-0.2, 0) is 12.8 Å². The Morgan fingerprint density at radius 2 is 1.00 bits per heavy atom. The lowest BCUT2D eigenvalue weighted by atomic mass is 10.1. The number of rotatable bonds is 8. The van der Waals surface area contributed by atoms with Gasteiger partial charge >= 0.3 is 0 Å². The van der Waals surface area contributed by atoms with Crippen molar-refractivity contribution in [2.75, 3.05) is 6.66 Å². The van der Waals surface area contributed by atoms with Crippen LogP contribution in [0.15, 0.2) is 36.4 Å². The predicted octanol–water partition coefficient (Wildman–Crippen LogP) is 8.39. The first-order valence-corrected chi connectivity index (χ1v) is 19.7. The van der Waals surface area contributed by atoms with Crippen LogP contribution in [0.1, 0.15) is 77.6 Å². The van der Waals surface area contributed by atoms with Crippen LogP contribution in [0.25, 0.3) is 12.2 Å². The van der Waals surface area contributed by atoms with Gasteiger partial charge in [-0.25, -0.2) is 0 Å². The summed E-state index contributed by atoms with van der Waals surface area (Å²) in [4.78, 5) is 0. The van der Waals surface area contributed by atoms with Gasteiger partial charge in [0.1, 0.15) is 0 Å². The number of fused-ring (bicyclic) bond motifs is 2. The van der Waals surface area contributed by atoms with Crippen molar-refractivity contribution in [1.82, 2.24) is 0 Å². The van der Waals surface area contributed by atoms with E-state index in [0.717, 1.165) is 12.8 Å². The Kier molecular flexibility index (Phi) is 8.16. The average Bonchev–Trinajstić information content (AvgIpc) is 3.48. The van der Waals surface area contributed by atoms with E-state index >= 15 is 0 Å². The molecule has 1 atom stereocenters. The summed E-state index contributed by atoms with van der Waals surface area (Å²) >= 11 is 0. The molecule has 3 heteroatoms. The molecule has 1 unspecified atom stereocenters. The van der Waals surface area contributed by atoms with E-state index in [1.54, 1.807) is 21.2 Å². The highest BCUT2D eigenvalue weighted by molar-refractivity contribution is 7.89. The second-order valence-electron chi connectivity index (χ2n) is 12.1. The first kappa shape index (κ1) is 28.2. The van der Waals surface area contributed by atoms with Crippen LogP contribution in [0, 0.1) is 13.3 Å². The molecule has 2 aliphatic carbocycles. The van der Waals surface area contributed by atoms with Crippen LogP contribution in [0.4, 0.5) is 0 Å². The Hall–Kier alpha value is -0.790. The molecule has 0 aromatic heterocycles. The monoisotopic (exact) mass is 536 g/mol. The van der Waals surface area contributed by atoms with Crippen molar-refractivity contribution in [3.8, 4) is 0 Å². The maximum Gasteiger partial charge on any atom is 0.0736 e. The summed E-state index contributed by atoms with van der Waals surface area (Å²) in [6.07, 6.45) is 11.5. The Balaban J connectivity index is 2.01. The maximum absolute atomic E-state index is 5.07. The molecule has 0 amide bonds. The molecule has 0 radical (unpaired) electrons. The third-order valence-electron chi connectivity index (χ3n) is 9.05. The predicted molar refractivity (Wildman–Crippen MR) is 175 cm³/mol. The number of allylic oxidation sites excluding steroid dienone is 2. The molecule has 0 fully saturated rings. The molecule has 0 nitrogen and oxygen atoms in total. The van der Waals surface area contributed by atoms with Gasteiger partial charge < -0.3 is 0 Å². The van der Waals surface area contributed by atoms with Gasteiger partial charge in [-0.05, 0) is 129 Å². The molecule has 2 aromatic rings. The topological polar surface area (TPSA) is 0 Å². The summed E-state index contributed by atoms with van der Waals surface area (Å²) in [6, 6.07) is 10.3. The second kappa shape index (κ2) is 10.4. The third-order valence-corrected chi connectivity index (χ3v) is 21.5. The molecule has 2 aliphatic rings. The van der Waals surface area contributed by atoms with E-state index in [4.69, 9.17) is 13.3 Å². The molecule has 0 saturated carbocycles. The van der Waals surface area contributed by atoms with E-state index in [9.17, 15) is 0 Å². The summed E-state index contributed by atoms with van der Waals surface area (Å²) in [5.74, 6) is 0. The quantitative estimate of drug-likeness (QED) is 0.235. The second-order valence-corrected chi connectivity index (χ2v) is 23.0. The van der Waals surface area contributed by atoms with E-state index in [1.807, 2.05) is 0 Å². The van der Waals surface area contributed by atoms with Gasteiger partial charge in [-0.15, -0.1) is 0 Å². The minimum absolute atomic E-state index is 0.539. The molecule has 0 bridgehead atoms. The largest absolute Gasteiger partial charge is 0.174 e. The standard InChI is InChI=1S/C33H47P3/c1-22(2)35(10,23(3)4)32-20-28-16-12-14-26(28)18-30(32)34(9)31-19-27-15-13-17-29(27)21-33(31)36(11,24(5)6)25(7)8/h12-14,17-25H,10-11,15-16H2,1-9H3. The van der Waals surface area contributed by atoms with Crippen molar-refractivity contribution < 1.29 is 0 Å². The van der Waals surface area contributed by atoms with Crippen molar-refractivity contribution in [1.29, 1.82) is 0 Å². The van der Waals surface area contributed by atoms with E-state index in [2.05, 4.69) is 111 Å². The van der Waals surface area contributed by atoms with Crippen LogP contribution in [0.2, 0.25) is 0 Å². The highest BCUT2D eigenvalue weighted by atomic mass is 31.2. The fourth-order valence-electron chi connectivity index (χ4n) is 6.20. The highest BCUT2D eigenvalue weighted by Gasteiger charge is 2.42. The van der Waals surface area contributed by atoms with Crippen molar-refractivity contribution in [3.05, 3.63) is 72.0 Å². The molecular weight excluding hydrogens is 489 g/mol. The van der Waals surface area contributed by atoms with Crippen LogP contribution >= 0.6 is 22.4 Å². The lowest BCUT2D eigenvalue weighted by Crippen LogP contribution is -2.39. The van der Waals surface area contributed by atoms with Crippen molar-refractivity contribution in [2.45, 2.75) is 90.9 Å². The fourth-order valence-corrected chi connectivity index (χ4v) is 16.3. The lowest BCUT2D eigenvalue weighted by Gasteiger charge is -2.42. The summed E-state index contributed by atoms with van der Waals surface area (Å²) in [6.45, 7) is 31.9. The molecule has 0 saturated heterocycles.